The van der Waals surface area contributed by atoms with Gasteiger partial charge in [-0.05, 0) is 12.1 Å². The summed E-state index contributed by atoms with van der Waals surface area (Å²) >= 11 is 0. The number of hydrogen-bond acceptors (Lipinski definition) is 3. The largest absolute Gasteiger partial charge is 0.345 e. The molecule has 5 nitrogen and oxygen atoms in total. The van der Waals surface area contributed by atoms with Crippen LogP contribution in [-0.4, -0.2) is 39.4 Å². The second-order valence-electron chi connectivity index (χ2n) is 3.57. The minimum atomic E-state index is -0.0512. The highest BCUT2D eigenvalue weighted by atomic mass is 16.2. The van der Waals surface area contributed by atoms with Crippen molar-refractivity contribution in [3.63, 3.8) is 0 Å². The van der Waals surface area contributed by atoms with Gasteiger partial charge in [0.2, 0.25) is 0 Å². The van der Waals surface area contributed by atoms with Gasteiger partial charge in [-0.1, -0.05) is 0 Å². The molecular formula is C11H12N4O. The van der Waals surface area contributed by atoms with Crippen molar-refractivity contribution < 1.29 is 4.79 Å². The number of carbonyl (C=O) groups excluding carboxylic acids is 1. The number of nitrogens with zero attached hydrogens (tertiary/aromatic N) is 4. The Hall–Kier alpha value is -2.17. The Labute approximate surface area is 93.4 Å². The lowest BCUT2D eigenvalue weighted by Crippen LogP contribution is -2.21. The molecule has 0 aliphatic heterocycles. The van der Waals surface area contributed by atoms with Gasteiger partial charge in [0.15, 0.2) is 0 Å². The van der Waals surface area contributed by atoms with E-state index in [1.165, 1.54) is 4.90 Å². The number of imidazole rings is 1. The van der Waals surface area contributed by atoms with Crippen molar-refractivity contribution in [3.8, 4) is 5.82 Å². The van der Waals surface area contributed by atoms with Gasteiger partial charge in [0.05, 0.1) is 5.56 Å². The van der Waals surface area contributed by atoms with Crippen LogP contribution in [0.4, 0.5) is 0 Å². The number of hydrogen-bond donors (Lipinski definition) is 0. The van der Waals surface area contributed by atoms with E-state index in [1.807, 2.05) is 0 Å². The quantitative estimate of drug-likeness (QED) is 0.751. The predicted molar refractivity (Wildman–Crippen MR) is 59.4 cm³/mol. The second-order valence-corrected chi connectivity index (χ2v) is 3.57. The van der Waals surface area contributed by atoms with Crippen LogP contribution in [0.15, 0.2) is 37.1 Å². The molecule has 5 heteroatoms. The van der Waals surface area contributed by atoms with Gasteiger partial charge in [-0.2, -0.15) is 0 Å². The fourth-order valence-corrected chi connectivity index (χ4v) is 1.32. The molecule has 0 atom stereocenters. The lowest BCUT2D eigenvalue weighted by molar-refractivity contribution is 0.0827. The molecule has 2 aromatic heterocycles. The van der Waals surface area contributed by atoms with Crippen LogP contribution < -0.4 is 0 Å². The molecule has 2 rings (SSSR count). The summed E-state index contributed by atoms with van der Waals surface area (Å²) in [5.41, 5.74) is 0.578. The highest BCUT2D eigenvalue weighted by molar-refractivity contribution is 5.93. The van der Waals surface area contributed by atoms with Crippen LogP contribution in [0.3, 0.4) is 0 Å². The molecule has 0 spiro atoms. The molecule has 0 saturated carbocycles. The molecule has 82 valence electrons. The van der Waals surface area contributed by atoms with Gasteiger partial charge in [0.1, 0.15) is 12.1 Å². The number of amides is 1. The third kappa shape index (κ3) is 1.93. The molecular weight excluding hydrogens is 204 g/mol. The third-order valence-electron chi connectivity index (χ3n) is 2.17. The van der Waals surface area contributed by atoms with Crippen LogP contribution in [0.2, 0.25) is 0 Å². The molecule has 1 amide bonds. The fourth-order valence-electron chi connectivity index (χ4n) is 1.32. The Morgan fingerprint density at radius 2 is 2.19 bits per heavy atom. The topological polar surface area (TPSA) is 51.0 Å². The minimum absolute atomic E-state index is 0.0512. The standard InChI is InChI=1S/C11H12N4O/c1-14(2)11(16)9-3-4-10(13-7-9)15-6-5-12-8-15/h3-8H,1-2H3. The van der Waals surface area contributed by atoms with E-state index in [2.05, 4.69) is 9.97 Å². The molecule has 2 heterocycles. The molecule has 0 aliphatic rings. The van der Waals surface area contributed by atoms with E-state index in [1.54, 1.807) is 55.7 Å². The van der Waals surface area contributed by atoms with Gasteiger partial charge in [-0.25, -0.2) is 9.97 Å². The van der Waals surface area contributed by atoms with Crippen LogP contribution in [0, 0.1) is 0 Å². The summed E-state index contributed by atoms with van der Waals surface area (Å²) in [6, 6.07) is 3.54. The lowest BCUT2D eigenvalue weighted by atomic mass is 10.2. The van der Waals surface area contributed by atoms with Crippen molar-refractivity contribution in [2.75, 3.05) is 14.1 Å². The molecule has 2 aromatic rings. The van der Waals surface area contributed by atoms with Gasteiger partial charge in [0.25, 0.3) is 5.91 Å². The summed E-state index contributed by atoms with van der Waals surface area (Å²) in [5.74, 6) is 0.692. The molecule has 0 bridgehead atoms. The average molecular weight is 216 g/mol. The molecule has 0 radical (unpaired) electrons. The molecule has 0 N–H and O–H groups in total. The van der Waals surface area contributed by atoms with E-state index in [4.69, 9.17) is 0 Å². The van der Waals surface area contributed by atoms with Crippen molar-refractivity contribution in [1.82, 2.24) is 19.4 Å². The summed E-state index contributed by atoms with van der Waals surface area (Å²) in [6.07, 6.45) is 6.71. The number of pyridine rings is 1. The van der Waals surface area contributed by atoms with E-state index in [-0.39, 0.29) is 5.91 Å². The first-order valence-electron chi connectivity index (χ1n) is 4.84. The van der Waals surface area contributed by atoms with Crippen LogP contribution >= 0.6 is 0 Å². The van der Waals surface area contributed by atoms with Crippen LogP contribution in [0.1, 0.15) is 10.4 Å². The zero-order valence-corrected chi connectivity index (χ0v) is 9.16. The van der Waals surface area contributed by atoms with Gasteiger partial charge < -0.3 is 4.90 Å². The zero-order valence-electron chi connectivity index (χ0n) is 9.16. The monoisotopic (exact) mass is 216 g/mol. The average Bonchev–Trinajstić information content (AvgIpc) is 2.81. The summed E-state index contributed by atoms with van der Waals surface area (Å²) in [4.78, 5) is 21.3. The highest BCUT2D eigenvalue weighted by Gasteiger charge is 2.08. The van der Waals surface area contributed by atoms with Gasteiger partial charge in [-0.15, -0.1) is 0 Å². The minimum Gasteiger partial charge on any atom is -0.345 e. The zero-order chi connectivity index (χ0) is 11.5. The first-order chi connectivity index (χ1) is 7.68. The van der Waals surface area contributed by atoms with E-state index in [0.717, 1.165) is 5.82 Å². The predicted octanol–water partition coefficient (Wildman–Crippen LogP) is 0.969. The lowest BCUT2D eigenvalue weighted by Gasteiger charge is -2.10. The van der Waals surface area contributed by atoms with E-state index in [9.17, 15) is 4.79 Å². The van der Waals surface area contributed by atoms with Crippen molar-refractivity contribution >= 4 is 5.91 Å². The van der Waals surface area contributed by atoms with Crippen LogP contribution in [-0.2, 0) is 0 Å². The Bertz CT molecular complexity index is 473. The first kappa shape index (κ1) is 10.4. The number of rotatable bonds is 2. The fraction of sp³-hybridized carbons (Fsp3) is 0.182. The smallest absolute Gasteiger partial charge is 0.254 e. The maximum absolute atomic E-state index is 11.6. The maximum atomic E-state index is 11.6. The Balaban J connectivity index is 2.27. The summed E-state index contributed by atoms with van der Waals surface area (Å²) in [7, 11) is 3.43. The van der Waals surface area contributed by atoms with Crippen molar-refractivity contribution in [2.24, 2.45) is 0 Å². The SMILES string of the molecule is CN(C)C(=O)c1ccc(-n2ccnc2)nc1. The van der Waals surface area contributed by atoms with Gasteiger partial charge in [-0.3, -0.25) is 9.36 Å². The molecule has 0 aliphatic carbocycles. The highest BCUT2D eigenvalue weighted by Crippen LogP contribution is 2.06. The molecule has 0 fully saturated rings. The molecule has 0 saturated heterocycles. The van der Waals surface area contributed by atoms with Crippen LogP contribution in [0.25, 0.3) is 5.82 Å². The Morgan fingerprint density at radius 1 is 1.38 bits per heavy atom. The summed E-state index contributed by atoms with van der Waals surface area (Å²) in [6.45, 7) is 0. The van der Waals surface area contributed by atoms with E-state index >= 15 is 0 Å². The first-order valence-corrected chi connectivity index (χ1v) is 4.84. The molecule has 0 unspecified atom stereocenters. The number of aromatic nitrogens is 3. The van der Waals surface area contributed by atoms with Gasteiger partial charge >= 0.3 is 0 Å². The summed E-state index contributed by atoms with van der Waals surface area (Å²) in [5, 5.41) is 0. The number of carbonyl (C=O) groups is 1. The van der Waals surface area contributed by atoms with E-state index < -0.39 is 0 Å². The van der Waals surface area contributed by atoms with E-state index in [0.29, 0.717) is 5.56 Å². The van der Waals surface area contributed by atoms with Crippen LogP contribution in [0.5, 0.6) is 0 Å². The Kier molecular flexibility index (Phi) is 2.68. The van der Waals surface area contributed by atoms with Crippen molar-refractivity contribution in [3.05, 3.63) is 42.6 Å². The molecule has 0 aromatic carbocycles. The third-order valence-corrected chi connectivity index (χ3v) is 2.17. The Morgan fingerprint density at radius 3 is 2.69 bits per heavy atom. The maximum Gasteiger partial charge on any atom is 0.254 e. The van der Waals surface area contributed by atoms with Crippen molar-refractivity contribution in [2.45, 2.75) is 0 Å². The molecule has 16 heavy (non-hydrogen) atoms. The summed E-state index contributed by atoms with van der Waals surface area (Å²) < 4.78 is 1.78. The second kappa shape index (κ2) is 4.14. The normalized spacial score (nSPS) is 10.1. The van der Waals surface area contributed by atoms with Crippen molar-refractivity contribution in [1.29, 1.82) is 0 Å². The van der Waals surface area contributed by atoms with Gasteiger partial charge in [0, 0.05) is 32.7 Å².